The fourth-order valence-corrected chi connectivity index (χ4v) is 1.89. The summed E-state index contributed by atoms with van der Waals surface area (Å²) in [5.41, 5.74) is 6.24. The second kappa shape index (κ2) is 4.97. The number of nitrogens with two attached hydrogens (primary N) is 1. The van der Waals surface area contributed by atoms with Gasteiger partial charge in [-0.2, -0.15) is 0 Å². The van der Waals surface area contributed by atoms with Crippen LogP contribution in [0.3, 0.4) is 0 Å². The lowest BCUT2D eigenvalue weighted by Gasteiger charge is -2.16. The zero-order chi connectivity index (χ0) is 9.73. The highest BCUT2D eigenvalue weighted by Gasteiger charge is 2.40. The first-order chi connectivity index (χ1) is 6.22. The summed E-state index contributed by atoms with van der Waals surface area (Å²) in [6.07, 6.45) is 5.60. The van der Waals surface area contributed by atoms with E-state index < -0.39 is 0 Å². The van der Waals surface area contributed by atoms with Gasteiger partial charge in [0.05, 0.1) is 0 Å². The Morgan fingerprint density at radius 3 is 2.62 bits per heavy atom. The Balaban J connectivity index is 2.05. The summed E-state index contributed by atoms with van der Waals surface area (Å²) in [5.74, 6) is 0.623. The molecule has 78 valence electrons. The fourth-order valence-electron chi connectivity index (χ4n) is 1.89. The average Bonchev–Trinajstić information content (AvgIpc) is 2.86. The fraction of sp³-hybridized carbons (Fsp3) is 1.00. The van der Waals surface area contributed by atoms with Crippen LogP contribution >= 0.6 is 0 Å². The molecule has 0 bridgehead atoms. The number of nitrogens with one attached hydrogen (secondary N) is 1. The molecule has 0 aromatic heterocycles. The Morgan fingerprint density at radius 1 is 1.46 bits per heavy atom. The molecule has 1 aliphatic carbocycles. The average molecular weight is 184 g/mol. The van der Waals surface area contributed by atoms with Crippen LogP contribution < -0.4 is 11.1 Å². The second-order valence-corrected chi connectivity index (χ2v) is 4.72. The zero-order valence-corrected chi connectivity index (χ0v) is 9.10. The van der Waals surface area contributed by atoms with Gasteiger partial charge in [0.25, 0.3) is 0 Å². The molecule has 13 heavy (non-hydrogen) atoms. The van der Waals surface area contributed by atoms with Crippen LogP contribution in [-0.4, -0.2) is 19.6 Å². The molecule has 1 aliphatic rings. The summed E-state index contributed by atoms with van der Waals surface area (Å²) in [6, 6.07) is 0. The minimum absolute atomic E-state index is 0.623. The van der Waals surface area contributed by atoms with Gasteiger partial charge < -0.3 is 11.1 Å². The summed E-state index contributed by atoms with van der Waals surface area (Å²) >= 11 is 0. The molecule has 0 heterocycles. The van der Waals surface area contributed by atoms with Crippen molar-refractivity contribution in [3.8, 4) is 0 Å². The Kier molecular flexibility index (Phi) is 4.20. The second-order valence-electron chi connectivity index (χ2n) is 4.72. The van der Waals surface area contributed by atoms with E-state index in [2.05, 4.69) is 19.2 Å². The first-order valence-corrected chi connectivity index (χ1v) is 5.63. The molecule has 0 saturated heterocycles. The highest BCUT2D eigenvalue weighted by molar-refractivity contribution is 4.94. The molecule has 1 fully saturated rings. The van der Waals surface area contributed by atoms with Crippen LogP contribution in [-0.2, 0) is 0 Å². The summed E-state index contributed by atoms with van der Waals surface area (Å²) < 4.78 is 0. The molecule has 1 unspecified atom stereocenters. The van der Waals surface area contributed by atoms with Crippen molar-refractivity contribution in [1.82, 2.24) is 5.32 Å². The van der Waals surface area contributed by atoms with E-state index in [0.717, 1.165) is 13.1 Å². The van der Waals surface area contributed by atoms with Crippen LogP contribution in [0.2, 0.25) is 0 Å². The van der Waals surface area contributed by atoms with Gasteiger partial charge in [-0.05, 0) is 43.7 Å². The number of rotatable bonds is 7. The maximum Gasteiger partial charge on any atom is 0.000793 e. The van der Waals surface area contributed by atoms with Gasteiger partial charge >= 0.3 is 0 Å². The van der Waals surface area contributed by atoms with Crippen molar-refractivity contribution < 1.29 is 0 Å². The lowest BCUT2D eigenvalue weighted by molar-refractivity contribution is 0.400. The first-order valence-electron chi connectivity index (χ1n) is 5.63. The summed E-state index contributed by atoms with van der Waals surface area (Å²) in [6.45, 7) is 7.58. The lowest BCUT2D eigenvalue weighted by Crippen LogP contribution is -2.30. The van der Waals surface area contributed by atoms with Gasteiger partial charge in [0.15, 0.2) is 0 Å². The molecule has 0 aromatic carbocycles. The maximum atomic E-state index is 5.56. The van der Waals surface area contributed by atoms with E-state index in [1.807, 2.05) is 0 Å². The first kappa shape index (κ1) is 11.0. The summed E-state index contributed by atoms with van der Waals surface area (Å²) in [4.78, 5) is 0. The molecular weight excluding hydrogens is 160 g/mol. The molecular formula is C11H24N2. The van der Waals surface area contributed by atoms with E-state index in [4.69, 9.17) is 5.73 Å². The minimum atomic E-state index is 0.623. The molecule has 2 nitrogen and oxygen atoms in total. The van der Waals surface area contributed by atoms with E-state index in [9.17, 15) is 0 Å². The molecule has 1 atom stereocenters. The van der Waals surface area contributed by atoms with Gasteiger partial charge in [-0.25, -0.2) is 0 Å². The van der Waals surface area contributed by atoms with Gasteiger partial charge in [-0.15, -0.1) is 0 Å². The summed E-state index contributed by atoms with van der Waals surface area (Å²) in [7, 11) is 0. The monoisotopic (exact) mass is 184 g/mol. The van der Waals surface area contributed by atoms with Crippen LogP contribution in [0.5, 0.6) is 0 Å². The third-order valence-electron chi connectivity index (χ3n) is 3.13. The maximum absolute atomic E-state index is 5.56. The van der Waals surface area contributed by atoms with Crippen molar-refractivity contribution in [2.45, 2.75) is 39.5 Å². The highest BCUT2D eigenvalue weighted by atomic mass is 14.9. The SMILES string of the molecule is CCCC1(CNCC(C)CN)CC1. The third-order valence-corrected chi connectivity index (χ3v) is 3.13. The van der Waals surface area contributed by atoms with Crippen LogP contribution in [0.1, 0.15) is 39.5 Å². The quantitative estimate of drug-likeness (QED) is 0.632. The van der Waals surface area contributed by atoms with Gasteiger partial charge in [-0.3, -0.25) is 0 Å². The van der Waals surface area contributed by atoms with E-state index >= 15 is 0 Å². The van der Waals surface area contributed by atoms with Crippen LogP contribution in [0.15, 0.2) is 0 Å². The number of hydrogen-bond donors (Lipinski definition) is 2. The van der Waals surface area contributed by atoms with Crippen molar-refractivity contribution in [1.29, 1.82) is 0 Å². The van der Waals surface area contributed by atoms with E-state index in [1.165, 1.54) is 32.2 Å². The van der Waals surface area contributed by atoms with Crippen molar-refractivity contribution >= 4 is 0 Å². The largest absolute Gasteiger partial charge is 0.330 e. The van der Waals surface area contributed by atoms with Crippen LogP contribution in [0, 0.1) is 11.3 Å². The van der Waals surface area contributed by atoms with E-state index in [-0.39, 0.29) is 0 Å². The predicted molar refractivity (Wildman–Crippen MR) is 57.7 cm³/mol. The molecule has 0 aliphatic heterocycles. The smallest absolute Gasteiger partial charge is 0.000793 e. The molecule has 0 amide bonds. The molecule has 1 rings (SSSR count). The van der Waals surface area contributed by atoms with Crippen LogP contribution in [0.25, 0.3) is 0 Å². The van der Waals surface area contributed by atoms with Crippen molar-refractivity contribution in [3.63, 3.8) is 0 Å². The molecule has 0 spiro atoms. The van der Waals surface area contributed by atoms with Gasteiger partial charge in [0.2, 0.25) is 0 Å². The third kappa shape index (κ3) is 3.65. The summed E-state index contributed by atoms with van der Waals surface area (Å²) in [5, 5.41) is 3.54. The van der Waals surface area contributed by atoms with Crippen molar-refractivity contribution in [2.75, 3.05) is 19.6 Å². The van der Waals surface area contributed by atoms with Gasteiger partial charge in [0, 0.05) is 6.54 Å². The molecule has 1 saturated carbocycles. The Hall–Kier alpha value is -0.0800. The molecule has 3 N–H and O–H groups in total. The van der Waals surface area contributed by atoms with Gasteiger partial charge in [0.1, 0.15) is 0 Å². The Morgan fingerprint density at radius 2 is 2.15 bits per heavy atom. The normalized spacial score (nSPS) is 21.5. The molecule has 2 heteroatoms. The topological polar surface area (TPSA) is 38.0 Å². The van der Waals surface area contributed by atoms with E-state index in [0.29, 0.717) is 11.3 Å². The number of hydrogen-bond acceptors (Lipinski definition) is 2. The highest BCUT2D eigenvalue weighted by Crippen LogP contribution is 2.48. The van der Waals surface area contributed by atoms with Gasteiger partial charge in [-0.1, -0.05) is 20.3 Å². The van der Waals surface area contributed by atoms with Crippen molar-refractivity contribution in [2.24, 2.45) is 17.1 Å². The standard InChI is InChI=1S/C11H24N2/c1-3-4-11(5-6-11)9-13-8-10(2)7-12/h10,13H,3-9,12H2,1-2H3. The predicted octanol–water partition coefficient (Wildman–Crippen LogP) is 1.75. The van der Waals surface area contributed by atoms with Crippen molar-refractivity contribution in [3.05, 3.63) is 0 Å². The zero-order valence-electron chi connectivity index (χ0n) is 9.10. The Bertz CT molecular complexity index is 141. The lowest BCUT2D eigenvalue weighted by atomic mass is 10.0. The molecule has 0 aromatic rings. The van der Waals surface area contributed by atoms with Crippen LogP contribution in [0.4, 0.5) is 0 Å². The van der Waals surface area contributed by atoms with E-state index in [1.54, 1.807) is 0 Å². The minimum Gasteiger partial charge on any atom is -0.330 e. The Labute approximate surface area is 82.3 Å². The molecule has 0 radical (unpaired) electrons.